The quantitative estimate of drug-likeness (QED) is 0.386. The lowest BCUT2D eigenvalue weighted by molar-refractivity contribution is -0.148. The molecule has 3 saturated carbocycles. The van der Waals surface area contributed by atoms with Crippen LogP contribution in [0, 0.1) is 55.7 Å². The molecular weight excluding hydrogens is 498 g/mol. The summed E-state index contributed by atoms with van der Waals surface area (Å²) in [6.45, 7) is 15.3. The predicted molar refractivity (Wildman–Crippen MR) is 152 cm³/mol. The second kappa shape index (κ2) is 8.14. The van der Waals surface area contributed by atoms with Crippen LogP contribution in [-0.2, 0) is 9.59 Å². The van der Waals surface area contributed by atoms with Crippen LogP contribution >= 0.6 is 0 Å². The average molecular weight is 542 g/mol. The predicted octanol–water partition coefficient (Wildman–Crippen LogP) is 6.89. The van der Waals surface area contributed by atoms with Crippen molar-refractivity contribution in [3.63, 3.8) is 0 Å². The zero-order valence-corrected chi connectivity index (χ0v) is 25.2. The van der Waals surface area contributed by atoms with Crippen molar-refractivity contribution in [1.29, 1.82) is 5.26 Å². The van der Waals surface area contributed by atoms with E-state index < -0.39 is 27.6 Å². The second-order valence-electron chi connectivity index (χ2n) is 15.6. The highest BCUT2D eigenvalue weighted by Crippen LogP contribution is 2.73. The van der Waals surface area contributed by atoms with Crippen LogP contribution in [0.4, 0.5) is 0 Å². The van der Waals surface area contributed by atoms with Crippen molar-refractivity contribution >= 4 is 17.5 Å². The molecule has 6 rings (SSSR count). The van der Waals surface area contributed by atoms with Gasteiger partial charge in [0.1, 0.15) is 12.2 Å². The van der Waals surface area contributed by atoms with E-state index in [1.165, 1.54) is 0 Å². The second-order valence-corrected chi connectivity index (χ2v) is 15.6. The third-order valence-corrected chi connectivity index (χ3v) is 12.8. The lowest BCUT2D eigenvalue weighted by atomic mass is 9.36. The van der Waals surface area contributed by atoms with Gasteiger partial charge in [-0.05, 0) is 85.2 Å². The van der Waals surface area contributed by atoms with E-state index in [9.17, 15) is 19.6 Å². The van der Waals surface area contributed by atoms with Gasteiger partial charge < -0.3 is 0 Å². The molecule has 0 spiro atoms. The average Bonchev–Trinajstić information content (AvgIpc) is 3.42. The number of ketones is 2. The van der Waals surface area contributed by atoms with E-state index in [0.29, 0.717) is 6.42 Å². The number of nitriles is 1. The molecule has 0 bridgehead atoms. The molecule has 0 radical (unpaired) electrons. The van der Waals surface area contributed by atoms with Gasteiger partial charge in [-0.3, -0.25) is 19.0 Å². The number of hydrogen-bond acceptors (Lipinski definition) is 5. The molecule has 0 aromatic carbocycles. The maximum atomic E-state index is 14.5. The number of carbonyl (C=O) groups is 3. The minimum Gasteiger partial charge on any atom is -0.298 e. The van der Waals surface area contributed by atoms with Gasteiger partial charge in [-0.1, -0.05) is 54.0 Å². The third kappa shape index (κ3) is 3.21. The molecule has 5 aliphatic rings. The first-order valence-electron chi connectivity index (χ1n) is 15.1. The van der Waals surface area contributed by atoms with Crippen molar-refractivity contribution in [3.05, 3.63) is 41.5 Å². The number of rotatable bonds is 1. The summed E-state index contributed by atoms with van der Waals surface area (Å²) in [6.07, 6.45) is 13.0. The fraction of sp³-hybridized carbons (Fsp3) is 0.676. The van der Waals surface area contributed by atoms with E-state index in [-0.39, 0.29) is 34.2 Å². The standard InChI is InChI=1S/C34H43N3O3/c1-29(2)10-12-34(28(40)37-15-14-36-20-37)13-11-33(7)26(22(34)18-29)23(38)16-25-31(5)17-21(19-35)27(39)30(3,4)24(31)8-9-32(25,33)6/h14-16,20-21,24H,8-13,17-18H2,1-7H3/t21?,24-,31-,32+,33+,34-/m0/s1. The van der Waals surface area contributed by atoms with Gasteiger partial charge in [-0.15, -0.1) is 0 Å². The molecule has 1 heterocycles. The summed E-state index contributed by atoms with van der Waals surface area (Å²) in [5, 5.41) is 9.98. The van der Waals surface area contributed by atoms with Gasteiger partial charge in [-0.25, -0.2) is 4.98 Å². The van der Waals surface area contributed by atoms with Crippen LogP contribution < -0.4 is 0 Å². The highest BCUT2D eigenvalue weighted by molar-refractivity contribution is 6.09. The SMILES string of the molecule is CC1(C)CC[C@]2(C(=O)n3ccnc3)CC[C@]3(C)C(=C2C1)C(=O)C=C1[C@@]2(C)CC(C#N)C(=O)C(C)(C)[C@@H]2CC[C@]13C. The first-order valence-corrected chi connectivity index (χ1v) is 15.1. The number of Topliss-reactive ketones (excluding diaryl/α,β-unsaturated/α-hetero) is 1. The van der Waals surface area contributed by atoms with Crippen molar-refractivity contribution < 1.29 is 14.4 Å². The van der Waals surface area contributed by atoms with E-state index in [2.05, 4.69) is 45.7 Å². The van der Waals surface area contributed by atoms with Gasteiger partial charge >= 0.3 is 0 Å². The minimum atomic E-state index is -0.686. The summed E-state index contributed by atoms with van der Waals surface area (Å²) in [4.78, 5) is 46.2. The highest BCUT2D eigenvalue weighted by atomic mass is 16.2. The number of nitrogens with zero attached hydrogens (tertiary/aromatic N) is 3. The van der Waals surface area contributed by atoms with Crippen LogP contribution in [0.25, 0.3) is 0 Å². The molecule has 212 valence electrons. The molecule has 0 aliphatic heterocycles. The Bertz CT molecular complexity index is 1440. The van der Waals surface area contributed by atoms with Gasteiger partial charge in [0.05, 0.1) is 11.5 Å². The lowest BCUT2D eigenvalue weighted by Gasteiger charge is -2.66. The Kier molecular flexibility index (Phi) is 5.57. The lowest BCUT2D eigenvalue weighted by Crippen LogP contribution is -2.62. The Labute approximate surface area is 238 Å². The van der Waals surface area contributed by atoms with Gasteiger partial charge in [0.25, 0.3) is 0 Å². The Morgan fingerprint density at radius 3 is 2.35 bits per heavy atom. The van der Waals surface area contributed by atoms with Gasteiger partial charge in [0.15, 0.2) is 11.6 Å². The van der Waals surface area contributed by atoms with E-state index in [1.807, 2.05) is 19.9 Å². The Balaban J connectivity index is 1.57. The summed E-state index contributed by atoms with van der Waals surface area (Å²) >= 11 is 0. The van der Waals surface area contributed by atoms with Crippen LogP contribution in [0.15, 0.2) is 41.5 Å². The smallest absolute Gasteiger partial charge is 0.242 e. The molecule has 5 aliphatic carbocycles. The number of fused-ring (bicyclic) bond motifs is 6. The van der Waals surface area contributed by atoms with E-state index in [1.54, 1.807) is 23.3 Å². The van der Waals surface area contributed by atoms with E-state index in [0.717, 1.165) is 61.7 Å². The van der Waals surface area contributed by atoms with Gasteiger partial charge in [0.2, 0.25) is 5.91 Å². The third-order valence-electron chi connectivity index (χ3n) is 12.8. The topological polar surface area (TPSA) is 92.8 Å². The summed E-state index contributed by atoms with van der Waals surface area (Å²) < 4.78 is 1.62. The number of aromatic nitrogens is 2. The van der Waals surface area contributed by atoms with Crippen molar-refractivity contribution in [2.24, 2.45) is 44.3 Å². The van der Waals surface area contributed by atoms with Crippen LogP contribution in [0.5, 0.6) is 0 Å². The Morgan fingerprint density at radius 2 is 1.70 bits per heavy atom. The minimum absolute atomic E-state index is 0.00187. The first-order chi connectivity index (χ1) is 18.6. The van der Waals surface area contributed by atoms with Crippen LogP contribution in [0.2, 0.25) is 0 Å². The molecule has 1 aromatic heterocycles. The molecule has 6 nitrogen and oxygen atoms in total. The van der Waals surface area contributed by atoms with Gasteiger partial charge in [0, 0.05) is 28.8 Å². The number of allylic oxidation sites excluding steroid dienone is 4. The zero-order valence-electron chi connectivity index (χ0n) is 25.2. The van der Waals surface area contributed by atoms with Crippen molar-refractivity contribution in [2.75, 3.05) is 0 Å². The van der Waals surface area contributed by atoms with E-state index in [4.69, 9.17) is 0 Å². The first kappa shape index (κ1) is 27.4. The largest absolute Gasteiger partial charge is 0.298 e. The number of carbonyl (C=O) groups excluding carboxylic acids is 3. The monoisotopic (exact) mass is 541 g/mol. The summed E-state index contributed by atoms with van der Waals surface area (Å²) in [5.41, 5.74) is 0.634. The van der Waals surface area contributed by atoms with Crippen molar-refractivity contribution in [3.8, 4) is 6.07 Å². The molecule has 40 heavy (non-hydrogen) atoms. The highest BCUT2D eigenvalue weighted by Gasteiger charge is 2.68. The molecule has 6 atom stereocenters. The summed E-state index contributed by atoms with van der Waals surface area (Å²) in [6, 6.07) is 2.31. The van der Waals surface area contributed by atoms with Crippen LogP contribution in [0.3, 0.4) is 0 Å². The fourth-order valence-corrected chi connectivity index (χ4v) is 10.4. The molecule has 1 aromatic rings. The van der Waals surface area contributed by atoms with E-state index >= 15 is 0 Å². The number of hydrogen-bond donors (Lipinski definition) is 0. The Morgan fingerprint density at radius 1 is 1.00 bits per heavy atom. The normalized spacial score (nSPS) is 41.6. The summed E-state index contributed by atoms with van der Waals surface area (Å²) in [7, 11) is 0. The van der Waals surface area contributed by atoms with Crippen molar-refractivity contribution in [2.45, 2.75) is 99.8 Å². The number of imidazole rings is 1. The molecule has 0 saturated heterocycles. The van der Waals surface area contributed by atoms with Crippen LogP contribution in [-0.4, -0.2) is 27.0 Å². The fourth-order valence-electron chi connectivity index (χ4n) is 10.4. The molecule has 0 N–H and O–H groups in total. The van der Waals surface area contributed by atoms with Crippen molar-refractivity contribution in [1.82, 2.24) is 9.55 Å². The maximum absolute atomic E-state index is 14.5. The Hall–Kier alpha value is -2.81. The molecule has 1 unspecified atom stereocenters. The zero-order chi connectivity index (χ0) is 29.1. The summed E-state index contributed by atoms with van der Waals surface area (Å²) in [5.74, 6) is -0.454. The molecule has 0 amide bonds. The van der Waals surface area contributed by atoms with Gasteiger partial charge in [-0.2, -0.15) is 5.26 Å². The van der Waals surface area contributed by atoms with Crippen LogP contribution in [0.1, 0.15) is 105 Å². The molecule has 6 heteroatoms. The molecular formula is C34H43N3O3. The molecule has 3 fully saturated rings. The maximum Gasteiger partial charge on any atom is 0.242 e.